The zero-order chi connectivity index (χ0) is 15.8. The van der Waals surface area contributed by atoms with Crippen LogP contribution in [0.5, 0.6) is 0 Å². The molecule has 0 aliphatic heterocycles. The maximum atomic E-state index is 6.22. The van der Waals surface area contributed by atoms with E-state index in [1.54, 1.807) is 6.20 Å². The topological polar surface area (TPSA) is 45.5 Å². The van der Waals surface area contributed by atoms with Crippen molar-refractivity contribution in [2.45, 2.75) is 20.0 Å². The number of hydrogen-bond donors (Lipinski definition) is 1. The molecule has 0 aliphatic rings. The molecule has 0 unspecified atom stereocenters. The van der Waals surface area contributed by atoms with Crippen LogP contribution in [-0.2, 0) is 13.1 Å². The average Bonchev–Trinajstić information content (AvgIpc) is 3.02. The Hall–Kier alpha value is -1.28. The molecule has 0 fully saturated rings. The van der Waals surface area contributed by atoms with Gasteiger partial charge in [0.2, 0.25) is 0 Å². The van der Waals surface area contributed by atoms with Gasteiger partial charge < -0.3 is 10.2 Å². The van der Waals surface area contributed by atoms with Gasteiger partial charge in [-0.1, -0.05) is 29.8 Å². The van der Waals surface area contributed by atoms with Gasteiger partial charge in [-0.3, -0.25) is 9.67 Å². The Morgan fingerprint density at radius 1 is 1.35 bits per heavy atom. The number of nitrogens with zero attached hydrogens (tertiary/aromatic N) is 4. The molecule has 126 valence electrons. The van der Waals surface area contributed by atoms with Gasteiger partial charge in [-0.25, -0.2) is 0 Å². The number of rotatable bonds is 6. The summed E-state index contributed by atoms with van der Waals surface area (Å²) in [7, 11) is 2.01. The van der Waals surface area contributed by atoms with E-state index in [1.807, 2.05) is 48.3 Å². The highest BCUT2D eigenvalue weighted by Gasteiger charge is 2.08. The second-order valence-electron chi connectivity index (χ2n) is 4.95. The summed E-state index contributed by atoms with van der Waals surface area (Å²) in [6.45, 7) is 5.05. The van der Waals surface area contributed by atoms with E-state index in [9.17, 15) is 0 Å². The summed E-state index contributed by atoms with van der Waals surface area (Å²) >= 11 is 6.22. The predicted molar refractivity (Wildman–Crippen MR) is 107 cm³/mol. The molecule has 0 saturated heterocycles. The van der Waals surface area contributed by atoms with Crippen molar-refractivity contribution in [3.05, 3.63) is 53.3 Å². The molecule has 1 heterocycles. The third-order valence-corrected chi connectivity index (χ3v) is 3.58. The van der Waals surface area contributed by atoms with Crippen molar-refractivity contribution in [2.75, 3.05) is 20.1 Å². The van der Waals surface area contributed by atoms with Crippen LogP contribution in [0.1, 0.15) is 12.5 Å². The van der Waals surface area contributed by atoms with Crippen LogP contribution < -0.4 is 5.32 Å². The van der Waals surface area contributed by atoms with Gasteiger partial charge in [-0.2, -0.15) is 5.10 Å². The van der Waals surface area contributed by atoms with Crippen molar-refractivity contribution in [1.29, 1.82) is 0 Å². The van der Waals surface area contributed by atoms with Crippen molar-refractivity contribution >= 4 is 41.5 Å². The molecular weight excluding hydrogens is 425 g/mol. The number of benzene rings is 1. The Morgan fingerprint density at radius 3 is 2.78 bits per heavy atom. The molecule has 7 heteroatoms. The molecule has 1 aromatic heterocycles. The summed E-state index contributed by atoms with van der Waals surface area (Å²) in [5.74, 6) is 0.870. The molecule has 23 heavy (non-hydrogen) atoms. The SMILES string of the molecule is CCNC(=NCCn1cccn1)N(C)Cc1ccccc1Cl.I. The lowest BCUT2D eigenvalue weighted by Crippen LogP contribution is -2.38. The molecule has 0 atom stereocenters. The van der Waals surface area contributed by atoms with Crippen molar-refractivity contribution in [3.8, 4) is 0 Å². The van der Waals surface area contributed by atoms with E-state index in [-0.39, 0.29) is 24.0 Å². The van der Waals surface area contributed by atoms with Crippen molar-refractivity contribution < 1.29 is 0 Å². The maximum Gasteiger partial charge on any atom is 0.194 e. The van der Waals surface area contributed by atoms with Gasteiger partial charge in [0.1, 0.15) is 0 Å². The van der Waals surface area contributed by atoms with E-state index in [0.717, 1.165) is 29.6 Å². The quantitative estimate of drug-likeness (QED) is 0.420. The molecule has 1 aromatic carbocycles. The minimum absolute atomic E-state index is 0. The zero-order valence-corrected chi connectivity index (χ0v) is 16.5. The van der Waals surface area contributed by atoms with Crippen LogP contribution in [0.4, 0.5) is 0 Å². The molecule has 1 N–H and O–H groups in total. The Bertz CT molecular complexity index is 600. The van der Waals surface area contributed by atoms with Crippen LogP contribution in [0.25, 0.3) is 0 Å². The summed E-state index contributed by atoms with van der Waals surface area (Å²) in [6, 6.07) is 9.79. The third-order valence-electron chi connectivity index (χ3n) is 3.21. The molecular formula is C16H23ClIN5. The Balaban J connectivity index is 0.00000264. The minimum Gasteiger partial charge on any atom is -0.357 e. The number of aromatic nitrogens is 2. The first-order valence-corrected chi connectivity index (χ1v) is 7.78. The molecule has 0 bridgehead atoms. The van der Waals surface area contributed by atoms with Gasteiger partial charge in [0.15, 0.2) is 5.96 Å². The lowest BCUT2D eigenvalue weighted by molar-refractivity contribution is 0.475. The third kappa shape index (κ3) is 6.39. The number of hydrogen-bond acceptors (Lipinski definition) is 2. The fourth-order valence-corrected chi connectivity index (χ4v) is 2.31. The highest BCUT2D eigenvalue weighted by molar-refractivity contribution is 14.0. The normalized spacial score (nSPS) is 11.0. The van der Waals surface area contributed by atoms with Crippen molar-refractivity contribution in [2.24, 2.45) is 4.99 Å². The summed E-state index contributed by atoms with van der Waals surface area (Å²) in [6.07, 6.45) is 3.72. The van der Waals surface area contributed by atoms with E-state index in [0.29, 0.717) is 13.1 Å². The number of guanidine groups is 1. The summed E-state index contributed by atoms with van der Waals surface area (Å²) in [4.78, 5) is 6.72. The average molecular weight is 448 g/mol. The highest BCUT2D eigenvalue weighted by Crippen LogP contribution is 2.16. The van der Waals surface area contributed by atoms with E-state index in [2.05, 4.69) is 27.2 Å². The molecule has 2 aromatic rings. The second kappa shape index (κ2) is 10.5. The summed E-state index contributed by atoms with van der Waals surface area (Å²) in [5, 5.41) is 8.26. The monoisotopic (exact) mass is 447 g/mol. The van der Waals surface area contributed by atoms with Crippen molar-refractivity contribution in [3.63, 3.8) is 0 Å². The second-order valence-corrected chi connectivity index (χ2v) is 5.36. The standard InChI is InChI=1S/C16H22ClN5.HI/c1-3-18-16(19-10-12-22-11-6-9-20-22)21(2)13-14-7-4-5-8-15(14)17;/h4-9,11H,3,10,12-13H2,1-2H3,(H,18,19);1H. The van der Waals surface area contributed by atoms with Crippen LogP contribution in [-0.4, -0.2) is 40.8 Å². The van der Waals surface area contributed by atoms with E-state index in [1.165, 1.54) is 0 Å². The molecule has 0 spiro atoms. The smallest absolute Gasteiger partial charge is 0.194 e. The number of halogens is 2. The molecule has 0 saturated carbocycles. The predicted octanol–water partition coefficient (Wildman–Crippen LogP) is 3.25. The van der Waals surface area contributed by atoms with Gasteiger partial charge in [0.25, 0.3) is 0 Å². The van der Waals surface area contributed by atoms with Crippen molar-refractivity contribution in [1.82, 2.24) is 20.0 Å². The first kappa shape index (κ1) is 19.8. The fourth-order valence-electron chi connectivity index (χ4n) is 2.12. The van der Waals surface area contributed by atoms with Gasteiger partial charge in [-0.15, -0.1) is 24.0 Å². The Labute approximate surface area is 159 Å². The first-order chi connectivity index (χ1) is 10.7. The minimum atomic E-state index is 0. The van der Waals surface area contributed by atoms with Crippen LogP contribution in [0.15, 0.2) is 47.7 Å². The molecule has 2 rings (SSSR count). The molecule has 0 radical (unpaired) electrons. The molecule has 5 nitrogen and oxygen atoms in total. The number of aliphatic imine (C=N–C) groups is 1. The van der Waals surface area contributed by atoms with Crippen LogP contribution in [0.2, 0.25) is 5.02 Å². The molecule has 0 aliphatic carbocycles. The van der Waals surface area contributed by atoms with Gasteiger partial charge in [0.05, 0.1) is 13.1 Å². The van der Waals surface area contributed by atoms with E-state index >= 15 is 0 Å². The maximum absolute atomic E-state index is 6.22. The fraction of sp³-hybridized carbons (Fsp3) is 0.375. The lowest BCUT2D eigenvalue weighted by atomic mass is 10.2. The van der Waals surface area contributed by atoms with Crippen LogP contribution in [0, 0.1) is 0 Å². The van der Waals surface area contributed by atoms with Gasteiger partial charge in [-0.05, 0) is 24.6 Å². The van der Waals surface area contributed by atoms with E-state index < -0.39 is 0 Å². The Morgan fingerprint density at radius 2 is 2.13 bits per heavy atom. The summed E-state index contributed by atoms with van der Waals surface area (Å²) < 4.78 is 1.88. The first-order valence-electron chi connectivity index (χ1n) is 7.41. The number of nitrogens with one attached hydrogen (secondary N) is 1. The Kier molecular flexibility index (Phi) is 9.01. The largest absolute Gasteiger partial charge is 0.357 e. The van der Waals surface area contributed by atoms with Crippen LogP contribution in [0.3, 0.4) is 0 Å². The van der Waals surface area contributed by atoms with Gasteiger partial charge in [0, 0.05) is 37.6 Å². The van der Waals surface area contributed by atoms with E-state index in [4.69, 9.17) is 11.6 Å². The lowest BCUT2D eigenvalue weighted by Gasteiger charge is -2.22. The summed E-state index contributed by atoms with van der Waals surface area (Å²) in [5.41, 5.74) is 1.09. The zero-order valence-electron chi connectivity index (χ0n) is 13.4. The molecule has 0 amide bonds. The highest BCUT2D eigenvalue weighted by atomic mass is 127. The van der Waals surface area contributed by atoms with Crippen LogP contribution >= 0.6 is 35.6 Å². The van der Waals surface area contributed by atoms with Gasteiger partial charge >= 0.3 is 0 Å².